The largest absolute Gasteiger partial charge is 0.396 e. The summed E-state index contributed by atoms with van der Waals surface area (Å²) in [5.74, 6) is 1.38. The summed E-state index contributed by atoms with van der Waals surface area (Å²) in [6, 6.07) is 9.27. The van der Waals surface area contributed by atoms with E-state index in [1.807, 2.05) is 0 Å². The van der Waals surface area contributed by atoms with E-state index < -0.39 is 0 Å². The minimum atomic E-state index is 0. The Labute approximate surface area is 211 Å². The molecule has 1 aromatic rings. The van der Waals surface area contributed by atoms with Gasteiger partial charge < -0.3 is 30.3 Å². The predicted octanol–water partition coefficient (Wildman–Crippen LogP) is 2.68. The number of methoxy groups -OCH3 is 1. The maximum Gasteiger partial charge on any atom is 0.191 e. The van der Waals surface area contributed by atoms with Gasteiger partial charge in [0.1, 0.15) is 0 Å². The predicted molar refractivity (Wildman–Crippen MR) is 143 cm³/mol. The number of aliphatic imine (C=N–C) groups is 1. The molecule has 2 fully saturated rings. The summed E-state index contributed by atoms with van der Waals surface area (Å²) in [4.78, 5) is 9.72. The smallest absolute Gasteiger partial charge is 0.191 e. The van der Waals surface area contributed by atoms with Gasteiger partial charge >= 0.3 is 0 Å². The van der Waals surface area contributed by atoms with Crippen LogP contribution in [0.15, 0.2) is 29.3 Å². The van der Waals surface area contributed by atoms with E-state index in [1.54, 1.807) is 7.11 Å². The summed E-state index contributed by atoms with van der Waals surface area (Å²) in [7, 11) is 1.77. The highest BCUT2D eigenvalue weighted by atomic mass is 127. The number of ether oxygens (including phenoxy) is 1. The number of nitrogens with zero attached hydrogens (tertiary/aromatic N) is 3. The topological polar surface area (TPSA) is 72.4 Å². The fourth-order valence-corrected chi connectivity index (χ4v) is 4.39. The molecule has 0 aromatic heterocycles. The second-order valence-corrected chi connectivity index (χ2v) is 8.73. The number of likely N-dealkylation sites (tertiary alicyclic amines) is 1. The van der Waals surface area contributed by atoms with Crippen LogP contribution in [0.5, 0.6) is 0 Å². The number of piperidine rings is 2. The molecule has 3 N–H and O–H groups in total. The number of benzene rings is 1. The Morgan fingerprint density at radius 3 is 2.38 bits per heavy atom. The molecular weight excluding hydrogens is 517 g/mol. The van der Waals surface area contributed by atoms with Crippen LogP contribution in [-0.4, -0.2) is 81.6 Å². The van der Waals surface area contributed by atoms with Gasteiger partial charge in [-0.1, -0.05) is 12.1 Å². The van der Waals surface area contributed by atoms with Gasteiger partial charge in [-0.05, 0) is 56.2 Å². The van der Waals surface area contributed by atoms with Crippen molar-refractivity contribution in [3.63, 3.8) is 0 Å². The highest BCUT2D eigenvalue weighted by molar-refractivity contribution is 14.0. The molecule has 182 valence electrons. The van der Waals surface area contributed by atoms with Crippen molar-refractivity contribution in [3.05, 3.63) is 29.8 Å². The minimum Gasteiger partial charge on any atom is -0.396 e. The third-order valence-corrected chi connectivity index (χ3v) is 6.48. The van der Waals surface area contributed by atoms with Crippen molar-refractivity contribution in [1.82, 2.24) is 15.5 Å². The van der Waals surface area contributed by atoms with Crippen LogP contribution in [0.3, 0.4) is 0 Å². The van der Waals surface area contributed by atoms with Crippen LogP contribution in [0.1, 0.15) is 38.2 Å². The first kappa shape index (κ1) is 27.1. The summed E-state index contributed by atoms with van der Waals surface area (Å²) >= 11 is 0. The van der Waals surface area contributed by atoms with E-state index in [9.17, 15) is 5.11 Å². The van der Waals surface area contributed by atoms with Gasteiger partial charge in [-0.15, -0.1) is 24.0 Å². The summed E-state index contributed by atoms with van der Waals surface area (Å²) in [6.07, 6.45) is 4.42. The van der Waals surface area contributed by atoms with E-state index in [1.165, 1.54) is 11.3 Å². The molecule has 0 amide bonds. The number of aliphatic hydroxyl groups excluding tert-OH is 1. The SMILES string of the molecule is CCNC(=NCc1ccc(N2CCC(CO)CC2)cc1)NC1CCN(CCOC)CC1.I. The molecule has 32 heavy (non-hydrogen) atoms. The molecule has 0 atom stereocenters. The Hall–Kier alpha value is -1.10. The monoisotopic (exact) mass is 559 g/mol. The zero-order valence-corrected chi connectivity index (χ0v) is 22.1. The van der Waals surface area contributed by atoms with Crippen molar-refractivity contribution in [2.75, 3.05) is 64.5 Å². The number of guanidine groups is 1. The van der Waals surface area contributed by atoms with E-state index in [-0.39, 0.29) is 24.0 Å². The van der Waals surface area contributed by atoms with Crippen LogP contribution >= 0.6 is 24.0 Å². The number of halogens is 1. The second-order valence-electron chi connectivity index (χ2n) is 8.73. The Bertz CT molecular complexity index is 657. The van der Waals surface area contributed by atoms with Crippen molar-refractivity contribution in [2.24, 2.45) is 10.9 Å². The maximum atomic E-state index is 9.32. The van der Waals surface area contributed by atoms with Gasteiger partial charge in [-0.3, -0.25) is 0 Å². The number of anilines is 1. The number of rotatable bonds is 9. The molecule has 8 heteroatoms. The molecule has 1 aromatic carbocycles. The number of nitrogens with one attached hydrogen (secondary N) is 2. The Balaban J connectivity index is 0.00000363. The summed E-state index contributed by atoms with van der Waals surface area (Å²) in [5, 5.41) is 16.3. The fourth-order valence-electron chi connectivity index (χ4n) is 4.39. The molecule has 0 saturated carbocycles. The minimum absolute atomic E-state index is 0. The fraction of sp³-hybridized carbons (Fsp3) is 0.708. The number of hydrogen-bond donors (Lipinski definition) is 3. The number of hydrogen-bond acceptors (Lipinski definition) is 5. The average Bonchev–Trinajstić information content (AvgIpc) is 2.82. The third kappa shape index (κ3) is 8.68. The number of aliphatic hydroxyl groups is 1. The first-order valence-corrected chi connectivity index (χ1v) is 11.9. The first-order chi connectivity index (χ1) is 15.2. The molecule has 0 spiro atoms. The molecule has 2 heterocycles. The lowest BCUT2D eigenvalue weighted by molar-refractivity contribution is 0.128. The van der Waals surface area contributed by atoms with E-state index >= 15 is 0 Å². The molecule has 0 radical (unpaired) electrons. The zero-order chi connectivity index (χ0) is 21.9. The highest BCUT2D eigenvalue weighted by Gasteiger charge is 2.20. The molecule has 3 rings (SSSR count). The van der Waals surface area contributed by atoms with Crippen molar-refractivity contribution in [3.8, 4) is 0 Å². The molecule has 7 nitrogen and oxygen atoms in total. The molecule has 2 aliphatic rings. The summed E-state index contributed by atoms with van der Waals surface area (Å²) in [6.45, 7) is 10.1. The molecule has 2 aliphatic heterocycles. The Kier molecular flexibility index (Phi) is 12.7. The van der Waals surface area contributed by atoms with E-state index in [4.69, 9.17) is 9.73 Å². The average molecular weight is 560 g/mol. The van der Waals surface area contributed by atoms with Crippen LogP contribution in [0.2, 0.25) is 0 Å². The maximum absolute atomic E-state index is 9.32. The standard InChI is InChI=1S/C24H41N5O2.HI/c1-3-25-24(27-22-10-12-28(13-11-22)16-17-31-2)26-18-20-4-6-23(7-5-20)29-14-8-21(19-30)9-15-29;/h4-7,21-22,30H,3,8-19H2,1-2H3,(H2,25,26,27);1H. The molecule has 0 aliphatic carbocycles. The van der Waals surface area contributed by atoms with Crippen molar-refractivity contribution in [2.45, 2.75) is 45.2 Å². The molecule has 0 unspecified atom stereocenters. The van der Waals surface area contributed by atoms with Gasteiger partial charge in [0.15, 0.2) is 5.96 Å². The van der Waals surface area contributed by atoms with Crippen LogP contribution in [-0.2, 0) is 11.3 Å². The van der Waals surface area contributed by atoms with Gasteiger partial charge in [0.25, 0.3) is 0 Å². The van der Waals surface area contributed by atoms with Crippen molar-refractivity contribution < 1.29 is 9.84 Å². The quantitative estimate of drug-likeness (QED) is 0.246. The lowest BCUT2D eigenvalue weighted by Crippen LogP contribution is -2.49. The molecule has 2 saturated heterocycles. The van der Waals surface area contributed by atoms with Crippen LogP contribution in [0.25, 0.3) is 0 Å². The lowest BCUT2D eigenvalue weighted by atomic mass is 9.97. The van der Waals surface area contributed by atoms with Crippen molar-refractivity contribution in [1.29, 1.82) is 0 Å². The first-order valence-electron chi connectivity index (χ1n) is 11.9. The summed E-state index contributed by atoms with van der Waals surface area (Å²) in [5.41, 5.74) is 2.50. The van der Waals surface area contributed by atoms with Crippen molar-refractivity contribution >= 4 is 35.6 Å². The Morgan fingerprint density at radius 2 is 1.78 bits per heavy atom. The van der Waals surface area contributed by atoms with E-state index in [0.29, 0.717) is 25.1 Å². The summed E-state index contributed by atoms with van der Waals surface area (Å²) < 4.78 is 5.19. The van der Waals surface area contributed by atoms with Gasteiger partial charge in [0.2, 0.25) is 0 Å². The molecular formula is C24H42IN5O2. The second kappa shape index (κ2) is 14.9. The van der Waals surface area contributed by atoms with Gasteiger partial charge in [-0.2, -0.15) is 0 Å². The van der Waals surface area contributed by atoms with Crippen LogP contribution < -0.4 is 15.5 Å². The Morgan fingerprint density at radius 1 is 1.09 bits per heavy atom. The van der Waals surface area contributed by atoms with E-state index in [0.717, 1.165) is 77.5 Å². The van der Waals surface area contributed by atoms with Gasteiger partial charge in [0, 0.05) is 64.7 Å². The van der Waals surface area contributed by atoms with Gasteiger partial charge in [0.05, 0.1) is 13.2 Å². The van der Waals surface area contributed by atoms with Gasteiger partial charge in [-0.25, -0.2) is 4.99 Å². The van der Waals surface area contributed by atoms with E-state index in [2.05, 4.69) is 51.6 Å². The van der Waals surface area contributed by atoms with Crippen LogP contribution in [0.4, 0.5) is 5.69 Å². The normalized spacial score (nSPS) is 19.0. The zero-order valence-electron chi connectivity index (χ0n) is 19.8. The third-order valence-electron chi connectivity index (χ3n) is 6.48. The molecule has 0 bridgehead atoms. The highest BCUT2D eigenvalue weighted by Crippen LogP contribution is 2.23. The lowest BCUT2D eigenvalue weighted by Gasteiger charge is -2.33. The van der Waals surface area contributed by atoms with Crippen LogP contribution in [0, 0.1) is 5.92 Å².